The molecule has 1 saturated carbocycles. The highest BCUT2D eigenvalue weighted by Crippen LogP contribution is 2.51. The van der Waals surface area contributed by atoms with Crippen molar-refractivity contribution in [2.24, 2.45) is 16.1 Å². The van der Waals surface area contributed by atoms with E-state index in [4.69, 9.17) is 11.6 Å². The molecule has 2 amide bonds. The van der Waals surface area contributed by atoms with Crippen LogP contribution >= 0.6 is 38.6 Å². The lowest BCUT2D eigenvalue weighted by molar-refractivity contribution is -0.154. The lowest BCUT2D eigenvalue weighted by Gasteiger charge is -2.47. The van der Waals surface area contributed by atoms with Crippen molar-refractivity contribution in [3.05, 3.63) is 45.9 Å². The third-order valence-electron chi connectivity index (χ3n) is 6.61. The predicted octanol–water partition coefficient (Wildman–Crippen LogP) is 3.88. The van der Waals surface area contributed by atoms with Crippen LogP contribution in [-0.4, -0.2) is 53.1 Å². The number of azo groups is 1. The Morgan fingerprint density at radius 1 is 1.14 bits per heavy atom. The maximum atomic E-state index is 13.7. The number of carbonyl (C=O) groups excluding carboxylic acids is 3. The zero-order valence-electron chi connectivity index (χ0n) is 19.4. The number of nitrogens with one attached hydrogen (secondary N) is 1. The smallest absolute Gasteiger partial charge is 0.312 e. The zero-order valence-corrected chi connectivity index (χ0v) is 22.1. The molecule has 1 N–H and O–H groups in total. The molecular weight excluding hydrogens is 563 g/mol. The second-order valence-corrected chi connectivity index (χ2v) is 9.51. The Morgan fingerprint density at radius 3 is 2.24 bits per heavy atom. The van der Waals surface area contributed by atoms with Crippen molar-refractivity contribution in [2.45, 2.75) is 50.1 Å². The summed E-state index contributed by atoms with van der Waals surface area (Å²) in [5, 5.41) is 9.90. The topological polar surface area (TPSA) is 91.2 Å². The first-order valence-corrected chi connectivity index (χ1v) is 11.1. The van der Waals surface area contributed by atoms with Crippen LogP contribution in [0.15, 0.2) is 33.1 Å². The molecule has 2 fully saturated rings. The molecule has 3 aliphatic rings. The molecular formula is C22H24ClF5N4O3S2. The number of ketones is 1. The van der Waals surface area contributed by atoms with Gasteiger partial charge in [-0.15, -0.1) is 0 Å². The zero-order chi connectivity index (χ0) is 25.7. The van der Waals surface area contributed by atoms with Gasteiger partial charge in [-0.05, 0) is 31.0 Å². The van der Waals surface area contributed by atoms with Gasteiger partial charge in [-0.2, -0.15) is 37.2 Å². The lowest BCUT2D eigenvalue weighted by Crippen LogP contribution is -2.65. The molecule has 0 radical (unpaired) electrons. The normalized spacial score (nSPS) is 23.2. The number of Topliss-reactive ketones (excluding diaryl/α,β-unsaturated/α-hetero) is 1. The summed E-state index contributed by atoms with van der Waals surface area (Å²) in [6.07, 6.45) is -1.79. The fraction of sp³-hybridized carbons (Fsp3) is 0.500. The molecule has 7 nitrogen and oxygen atoms in total. The molecule has 1 aromatic carbocycles. The summed E-state index contributed by atoms with van der Waals surface area (Å²) in [5.41, 5.74) is -1.69. The van der Waals surface area contributed by atoms with Crippen LogP contribution in [0.25, 0.3) is 0 Å². The summed E-state index contributed by atoms with van der Waals surface area (Å²) in [6, 6.07) is 0.698. The minimum absolute atomic E-state index is 0. The number of rotatable bonds is 5. The number of hydrogen-bond donors (Lipinski definition) is 1. The van der Waals surface area contributed by atoms with Crippen LogP contribution in [0.5, 0.6) is 0 Å². The first kappa shape index (κ1) is 31.0. The average Bonchev–Trinajstić information content (AvgIpc) is 3.35. The fourth-order valence-electron chi connectivity index (χ4n) is 4.90. The Hall–Kier alpha value is -2.19. The van der Waals surface area contributed by atoms with Crippen molar-refractivity contribution in [3.63, 3.8) is 0 Å². The second-order valence-electron chi connectivity index (χ2n) is 9.05. The van der Waals surface area contributed by atoms with Crippen LogP contribution < -0.4 is 5.32 Å². The Labute approximate surface area is 227 Å². The molecule has 0 aromatic heterocycles. The average molecular weight is 587 g/mol. The minimum atomic E-state index is -3.07. The minimum Gasteiger partial charge on any atom is -0.336 e. The van der Waals surface area contributed by atoms with Gasteiger partial charge in [-0.3, -0.25) is 14.4 Å². The van der Waals surface area contributed by atoms with E-state index in [0.717, 1.165) is 17.0 Å². The van der Waals surface area contributed by atoms with E-state index in [1.807, 2.05) is 0 Å². The second kappa shape index (κ2) is 11.3. The molecule has 1 aromatic rings. The summed E-state index contributed by atoms with van der Waals surface area (Å²) < 4.78 is 67.5. The Bertz CT molecular complexity index is 1150. The largest absolute Gasteiger partial charge is 0.336 e. The number of hydrogen-bond acceptors (Lipinski definition) is 5. The Balaban J connectivity index is 0.00000241. The molecule has 0 spiro atoms. The van der Waals surface area contributed by atoms with Crippen molar-refractivity contribution in [3.8, 4) is 0 Å². The van der Waals surface area contributed by atoms with Crippen molar-refractivity contribution < 1.29 is 36.3 Å². The van der Waals surface area contributed by atoms with Gasteiger partial charge in [0, 0.05) is 37.8 Å². The number of nitrogens with zero attached hydrogens (tertiary/aromatic N) is 3. The number of likely N-dealkylation sites (tertiary alicyclic amines) is 1. The van der Waals surface area contributed by atoms with Crippen LogP contribution in [0.4, 0.5) is 22.0 Å². The maximum absolute atomic E-state index is 13.7. The first-order chi connectivity index (χ1) is 16.3. The molecule has 1 aliphatic carbocycles. The summed E-state index contributed by atoms with van der Waals surface area (Å²) in [5.74, 6) is -10.9. The van der Waals surface area contributed by atoms with E-state index in [9.17, 15) is 36.3 Å². The van der Waals surface area contributed by atoms with Gasteiger partial charge >= 0.3 is 11.8 Å². The van der Waals surface area contributed by atoms with Crippen molar-refractivity contribution in [2.75, 3.05) is 13.1 Å². The molecule has 4 rings (SSSR count). The van der Waals surface area contributed by atoms with Crippen LogP contribution in [0, 0.1) is 23.4 Å². The molecule has 204 valence electrons. The van der Waals surface area contributed by atoms with Gasteiger partial charge in [0.05, 0.1) is 17.1 Å². The highest BCUT2D eigenvalue weighted by Gasteiger charge is 2.61. The molecule has 1 saturated heterocycles. The summed E-state index contributed by atoms with van der Waals surface area (Å²) in [4.78, 5) is 39.5. The standard InChI is InChI=1S/C22H20ClF5N4O3.2H2S/c1-10-12(16(33)6-11-4-14(24)17(26)15(25)5-11)2-3-32(10)20(35)19(34)30-21(8-22(27,28)9-21)18-13(23)7-29-31-18;;/h4-5,10,12H,2-3,6-9H2,1H3,(H,30,34);2*1H2/t10-,12-;;/m0../s1. The van der Waals surface area contributed by atoms with E-state index in [1.165, 1.54) is 6.92 Å². The van der Waals surface area contributed by atoms with Crippen molar-refractivity contribution >= 4 is 56.2 Å². The number of halogens is 6. The number of benzene rings is 1. The van der Waals surface area contributed by atoms with Crippen molar-refractivity contribution in [1.82, 2.24) is 10.2 Å². The van der Waals surface area contributed by atoms with Gasteiger partial charge in [0.25, 0.3) is 5.92 Å². The number of alkyl halides is 2. The van der Waals surface area contributed by atoms with Gasteiger partial charge in [0.2, 0.25) is 0 Å². The molecule has 0 unspecified atom stereocenters. The van der Waals surface area contributed by atoms with E-state index in [1.54, 1.807) is 0 Å². The third kappa shape index (κ3) is 5.95. The Kier molecular flexibility index (Phi) is 9.46. The Morgan fingerprint density at radius 2 is 1.73 bits per heavy atom. The quantitative estimate of drug-likeness (QED) is 0.323. The van der Waals surface area contributed by atoms with Gasteiger partial charge in [-0.1, -0.05) is 11.6 Å². The van der Waals surface area contributed by atoms with E-state index in [2.05, 4.69) is 15.5 Å². The maximum Gasteiger partial charge on any atom is 0.312 e. The summed E-state index contributed by atoms with van der Waals surface area (Å²) in [7, 11) is 0. The molecule has 2 aliphatic heterocycles. The molecule has 37 heavy (non-hydrogen) atoms. The van der Waals surface area contributed by atoms with Gasteiger partial charge in [0.15, 0.2) is 17.5 Å². The van der Waals surface area contributed by atoms with Gasteiger partial charge in [-0.25, -0.2) is 22.0 Å². The van der Waals surface area contributed by atoms with E-state index < -0.39 is 77.7 Å². The SMILES string of the molecule is C[C@H]1[C@@H](C(=O)Cc2cc(F)c(F)c(F)c2)CCN1C(=O)C(=O)NC1(C2=C(Cl)CN=N2)CC(F)(F)C1.S.S. The van der Waals surface area contributed by atoms with E-state index >= 15 is 0 Å². The first-order valence-electron chi connectivity index (χ1n) is 10.8. The van der Waals surface area contributed by atoms with Gasteiger partial charge < -0.3 is 10.2 Å². The monoisotopic (exact) mass is 586 g/mol. The van der Waals surface area contributed by atoms with Crippen molar-refractivity contribution in [1.29, 1.82) is 0 Å². The van der Waals surface area contributed by atoms with Gasteiger partial charge in [0.1, 0.15) is 11.5 Å². The number of carbonyl (C=O) groups is 3. The fourth-order valence-corrected chi connectivity index (χ4v) is 5.17. The highest BCUT2D eigenvalue weighted by molar-refractivity contribution is 7.59. The third-order valence-corrected chi connectivity index (χ3v) is 6.91. The summed E-state index contributed by atoms with van der Waals surface area (Å²) in [6.45, 7) is 1.55. The van der Waals surface area contributed by atoms with Crippen LogP contribution in [-0.2, 0) is 20.8 Å². The molecule has 0 bridgehead atoms. The number of amides is 2. The van der Waals surface area contributed by atoms with Crippen LogP contribution in [0.1, 0.15) is 31.7 Å². The lowest BCUT2D eigenvalue weighted by atomic mass is 9.71. The van der Waals surface area contributed by atoms with Crippen LogP contribution in [0.3, 0.4) is 0 Å². The van der Waals surface area contributed by atoms with E-state index in [0.29, 0.717) is 0 Å². The van der Waals surface area contributed by atoms with Crippen LogP contribution in [0.2, 0.25) is 0 Å². The summed E-state index contributed by atoms with van der Waals surface area (Å²) >= 11 is 6.03. The van der Waals surface area contributed by atoms with E-state index in [-0.39, 0.29) is 62.8 Å². The molecule has 2 heterocycles. The predicted molar refractivity (Wildman–Crippen MR) is 133 cm³/mol. The molecule has 2 atom stereocenters. The highest BCUT2D eigenvalue weighted by atomic mass is 35.5. The molecule has 15 heteroatoms.